The summed E-state index contributed by atoms with van der Waals surface area (Å²) in [5.41, 5.74) is 15.4. The van der Waals surface area contributed by atoms with E-state index in [1.54, 1.807) is 0 Å². The van der Waals surface area contributed by atoms with Crippen molar-refractivity contribution in [2.75, 3.05) is 0 Å². The Bertz CT molecular complexity index is 937. The molecule has 0 amide bonds. The van der Waals surface area contributed by atoms with Gasteiger partial charge in [0.15, 0.2) is 0 Å². The highest BCUT2D eigenvalue weighted by molar-refractivity contribution is 5.75. The van der Waals surface area contributed by atoms with Crippen molar-refractivity contribution in [1.29, 1.82) is 0 Å². The van der Waals surface area contributed by atoms with E-state index in [1.807, 2.05) is 0 Å². The molecule has 0 aliphatic carbocycles. The lowest BCUT2D eigenvalue weighted by atomic mass is 9.73. The number of hydrogen-bond donors (Lipinski definition) is 1. The molecule has 1 nitrogen and oxygen atoms in total. The molecule has 3 aromatic carbocycles. The van der Waals surface area contributed by atoms with Crippen molar-refractivity contribution < 1.29 is 0 Å². The van der Waals surface area contributed by atoms with Crippen LogP contribution in [-0.2, 0) is 17.4 Å². The second-order valence-electron chi connectivity index (χ2n) is 9.66. The van der Waals surface area contributed by atoms with Crippen LogP contribution < -0.4 is 5.73 Å². The SMILES string of the molecule is CC(C)(C)c1ccc(-c2ccc(-c3ccccc3)cc2)c(C(C)(C)C)c1CN. The van der Waals surface area contributed by atoms with Gasteiger partial charge >= 0.3 is 0 Å². The molecule has 3 rings (SSSR count). The minimum Gasteiger partial charge on any atom is -0.326 e. The maximum absolute atomic E-state index is 6.29. The molecule has 0 bridgehead atoms. The van der Waals surface area contributed by atoms with Crippen LogP contribution in [0, 0.1) is 0 Å². The fraction of sp³-hybridized carbons (Fsp3) is 0.333. The third-order valence-electron chi connectivity index (χ3n) is 5.38. The quantitative estimate of drug-likeness (QED) is 0.523. The monoisotopic (exact) mass is 371 g/mol. The first-order valence-corrected chi connectivity index (χ1v) is 10.2. The highest BCUT2D eigenvalue weighted by Crippen LogP contribution is 2.40. The zero-order valence-electron chi connectivity index (χ0n) is 18.1. The molecule has 0 fully saturated rings. The predicted molar refractivity (Wildman–Crippen MR) is 123 cm³/mol. The first kappa shape index (κ1) is 20.4. The van der Waals surface area contributed by atoms with Crippen molar-refractivity contribution in [2.24, 2.45) is 5.73 Å². The highest BCUT2D eigenvalue weighted by Gasteiger charge is 2.27. The van der Waals surface area contributed by atoms with Crippen molar-refractivity contribution in [3.05, 3.63) is 83.4 Å². The van der Waals surface area contributed by atoms with Crippen LogP contribution >= 0.6 is 0 Å². The summed E-state index contributed by atoms with van der Waals surface area (Å²) in [6.07, 6.45) is 0. The van der Waals surface area contributed by atoms with E-state index in [0.717, 1.165) is 0 Å². The normalized spacial score (nSPS) is 12.2. The molecule has 28 heavy (non-hydrogen) atoms. The van der Waals surface area contributed by atoms with Crippen LogP contribution in [0.3, 0.4) is 0 Å². The van der Waals surface area contributed by atoms with Crippen molar-refractivity contribution in [3.8, 4) is 22.3 Å². The van der Waals surface area contributed by atoms with Crippen LogP contribution in [0.5, 0.6) is 0 Å². The molecule has 1 heteroatoms. The minimum atomic E-state index is 0.0173. The molecule has 0 atom stereocenters. The topological polar surface area (TPSA) is 26.0 Å². The zero-order valence-corrected chi connectivity index (χ0v) is 18.1. The Kier molecular flexibility index (Phi) is 5.50. The van der Waals surface area contributed by atoms with Gasteiger partial charge in [-0.2, -0.15) is 0 Å². The van der Waals surface area contributed by atoms with Gasteiger partial charge in [-0.15, -0.1) is 0 Å². The molecule has 146 valence electrons. The van der Waals surface area contributed by atoms with Crippen LogP contribution in [0.1, 0.15) is 58.2 Å². The largest absolute Gasteiger partial charge is 0.326 e. The lowest BCUT2D eigenvalue weighted by molar-refractivity contribution is 0.556. The number of benzene rings is 3. The van der Waals surface area contributed by atoms with E-state index in [-0.39, 0.29) is 10.8 Å². The van der Waals surface area contributed by atoms with Crippen LogP contribution in [0.2, 0.25) is 0 Å². The van der Waals surface area contributed by atoms with Gasteiger partial charge in [0.1, 0.15) is 0 Å². The van der Waals surface area contributed by atoms with Gasteiger partial charge in [-0.25, -0.2) is 0 Å². The van der Waals surface area contributed by atoms with E-state index in [2.05, 4.69) is 108 Å². The van der Waals surface area contributed by atoms with Crippen LogP contribution in [0.4, 0.5) is 0 Å². The van der Waals surface area contributed by atoms with Gasteiger partial charge in [0.25, 0.3) is 0 Å². The molecule has 2 N–H and O–H groups in total. The fourth-order valence-corrected chi connectivity index (χ4v) is 4.13. The highest BCUT2D eigenvalue weighted by atomic mass is 14.5. The number of nitrogens with two attached hydrogens (primary N) is 1. The Morgan fingerprint density at radius 3 is 1.64 bits per heavy atom. The van der Waals surface area contributed by atoms with Gasteiger partial charge in [0, 0.05) is 6.54 Å². The average molecular weight is 372 g/mol. The molecule has 0 saturated heterocycles. The van der Waals surface area contributed by atoms with E-state index < -0.39 is 0 Å². The summed E-state index contributed by atoms with van der Waals surface area (Å²) in [4.78, 5) is 0. The lowest BCUT2D eigenvalue weighted by Gasteiger charge is -2.32. The maximum atomic E-state index is 6.29. The Balaban J connectivity index is 2.16. The first-order chi connectivity index (χ1) is 13.1. The molecular weight excluding hydrogens is 338 g/mol. The van der Waals surface area contributed by atoms with Crippen molar-refractivity contribution in [3.63, 3.8) is 0 Å². The van der Waals surface area contributed by atoms with E-state index >= 15 is 0 Å². The summed E-state index contributed by atoms with van der Waals surface area (Å²) in [7, 11) is 0. The second-order valence-corrected chi connectivity index (χ2v) is 9.66. The predicted octanol–water partition coefficient (Wildman–Crippen LogP) is 7.07. The summed E-state index contributed by atoms with van der Waals surface area (Å²) < 4.78 is 0. The Morgan fingerprint density at radius 2 is 1.14 bits per heavy atom. The van der Waals surface area contributed by atoms with Gasteiger partial charge < -0.3 is 5.73 Å². The third-order valence-corrected chi connectivity index (χ3v) is 5.38. The molecule has 0 spiro atoms. The summed E-state index contributed by atoms with van der Waals surface area (Å²) in [5, 5.41) is 0. The van der Waals surface area contributed by atoms with E-state index in [1.165, 1.54) is 38.9 Å². The molecular formula is C27H33N. The molecule has 0 radical (unpaired) electrons. The van der Waals surface area contributed by atoms with Gasteiger partial charge in [0.2, 0.25) is 0 Å². The van der Waals surface area contributed by atoms with Crippen LogP contribution in [0.25, 0.3) is 22.3 Å². The molecule has 0 saturated carbocycles. The van der Waals surface area contributed by atoms with Gasteiger partial charge in [-0.3, -0.25) is 0 Å². The Morgan fingerprint density at radius 1 is 0.607 bits per heavy atom. The summed E-state index contributed by atoms with van der Waals surface area (Å²) in [5.74, 6) is 0. The first-order valence-electron chi connectivity index (χ1n) is 10.2. The molecule has 0 aliphatic rings. The molecule has 0 heterocycles. The average Bonchev–Trinajstić information content (AvgIpc) is 2.66. The molecule has 0 aliphatic heterocycles. The van der Waals surface area contributed by atoms with Crippen LogP contribution in [-0.4, -0.2) is 0 Å². The zero-order chi connectivity index (χ0) is 20.5. The summed E-state index contributed by atoms with van der Waals surface area (Å²) in [6.45, 7) is 14.2. The van der Waals surface area contributed by atoms with E-state index in [0.29, 0.717) is 6.54 Å². The lowest BCUT2D eigenvalue weighted by Crippen LogP contribution is -2.23. The fourth-order valence-electron chi connectivity index (χ4n) is 4.13. The minimum absolute atomic E-state index is 0.0173. The number of hydrogen-bond acceptors (Lipinski definition) is 1. The van der Waals surface area contributed by atoms with Crippen LogP contribution in [0.15, 0.2) is 66.7 Å². The molecule has 0 aromatic heterocycles. The number of rotatable bonds is 3. The Labute approximate surface area is 170 Å². The van der Waals surface area contributed by atoms with Crippen molar-refractivity contribution in [2.45, 2.75) is 58.9 Å². The van der Waals surface area contributed by atoms with Gasteiger partial charge in [-0.1, -0.05) is 108 Å². The standard InChI is InChI=1S/C27H33N/c1-26(2,3)24-17-16-22(25(23(24)18-28)27(4,5)6)21-14-12-20(13-15-21)19-10-8-7-9-11-19/h7-17H,18,28H2,1-6H3. The summed E-state index contributed by atoms with van der Waals surface area (Å²) >= 11 is 0. The maximum Gasteiger partial charge on any atom is 0.0184 e. The third kappa shape index (κ3) is 4.05. The molecule has 3 aromatic rings. The van der Waals surface area contributed by atoms with E-state index in [4.69, 9.17) is 5.73 Å². The van der Waals surface area contributed by atoms with Crippen molar-refractivity contribution >= 4 is 0 Å². The Hall–Kier alpha value is -2.38. The summed E-state index contributed by atoms with van der Waals surface area (Å²) in [6, 6.07) is 24.0. The smallest absolute Gasteiger partial charge is 0.0184 e. The molecule has 0 unspecified atom stereocenters. The van der Waals surface area contributed by atoms with Gasteiger partial charge in [-0.05, 0) is 49.8 Å². The van der Waals surface area contributed by atoms with Gasteiger partial charge in [0.05, 0.1) is 0 Å². The van der Waals surface area contributed by atoms with E-state index in [9.17, 15) is 0 Å². The van der Waals surface area contributed by atoms with Crippen molar-refractivity contribution in [1.82, 2.24) is 0 Å². The second kappa shape index (κ2) is 7.56.